The number of amides is 1. The molecule has 1 amide bonds. The molecule has 1 fully saturated rings. The molecule has 1 saturated carbocycles. The number of ether oxygens (including phenoxy) is 1. The maximum Gasteiger partial charge on any atom is 0.224 e. The zero-order chi connectivity index (χ0) is 15.5. The molecule has 7 nitrogen and oxygen atoms in total. The average molecular weight is 303 g/mol. The van der Waals surface area contributed by atoms with Gasteiger partial charge in [-0.25, -0.2) is 0 Å². The summed E-state index contributed by atoms with van der Waals surface area (Å²) in [7, 11) is 1.86. The Balaban J connectivity index is 1.57. The first-order chi connectivity index (χ1) is 10.6. The Bertz CT molecular complexity index is 634. The number of aryl methyl sites for hydroxylation is 2. The van der Waals surface area contributed by atoms with Crippen molar-refractivity contribution in [1.82, 2.24) is 25.3 Å². The zero-order valence-corrected chi connectivity index (χ0v) is 12.9. The van der Waals surface area contributed by atoms with Gasteiger partial charge in [0.1, 0.15) is 6.10 Å². The van der Waals surface area contributed by atoms with Crippen LogP contribution in [0.15, 0.2) is 18.6 Å². The lowest BCUT2D eigenvalue weighted by atomic mass is 10.1. The number of hydrogen-bond donors (Lipinski definition) is 2. The summed E-state index contributed by atoms with van der Waals surface area (Å²) in [5, 5.41) is 14.0. The molecule has 0 saturated heterocycles. The summed E-state index contributed by atoms with van der Waals surface area (Å²) >= 11 is 0. The first-order valence-electron chi connectivity index (χ1n) is 7.56. The normalized spacial score (nSPS) is 21.0. The molecule has 22 heavy (non-hydrogen) atoms. The fourth-order valence-electron chi connectivity index (χ4n) is 2.96. The minimum absolute atomic E-state index is 0.0107. The first kappa shape index (κ1) is 14.6. The zero-order valence-electron chi connectivity index (χ0n) is 12.9. The minimum Gasteiger partial charge on any atom is -0.485 e. The number of aromatic nitrogens is 4. The molecule has 0 radical (unpaired) electrons. The number of H-pyrrole nitrogens is 1. The number of nitrogens with one attached hydrogen (secondary N) is 2. The molecule has 2 N–H and O–H groups in total. The third kappa shape index (κ3) is 3.29. The second-order valence-electron chi connectivity index (χ2n) is 5.79. The van der Waals surface area contributed by atoms with E-state index in [4.69, 9.17) is 4.74 Å². The molecule has 1 aliphatic carbocycles. The van der Waals surface area contributed by atoms with Gasteiger partial charge in [0.25, 0.3) is 0 Å². The number of carbonyl (C=O) groups is 1. The van der Waals surface area contributed by atoms with Crippen molar-refractivity contribution < 1.29 is 9.53 Å². The standard InChI is InChI=1S/C15H21N5O2/c1-10-11(9-20(2)19-10)6-15(21)18-13-4-3-5-14(13)22-12-7-16-17-8-12/h7-9,13-14H,3-6H2,1-2H3,(H,16,17)(H,18,21)/t13-,14+/m0/s1. The van der Waals surface area contributed by atoms with Crippen LogP contribution in [0.25, 0.3) is 0 Å². The molecule has 1 aliphatic rings. The van der Waals surface area contributed by atoms with Crippen molar-refractivity contribution in [2.24, 2.45) is 7.05 Å². The van der Waals surface area contributed by atoms with E-state index in [9.17, 15) is 4.79 Å². The molecule has 0 aromatic carbocycles. The summed E-state index contributed by atoms with van der Waals surface area (Å²) in [4.78, 5) is 12.3. The highest BCUT2D eigenvalue weighted by molar-refractivity contribution is 5.79. The number of carbonyl (C=O) groups excluding carboxylic acids is 1. The molecule has 0 spiro atoms. The first-order valence-corrected chi connectivity index (χ1v) is 7.56. The highest BCUT2D eigenvalue weighted by atomic mass is 16.5. The Kier molecular flexibility index (Phi) is 4.13. The number of nitrogens with zero attached hydrogens (tertiary/aromatic N) is 3. The van der Waals surface area contributed by atoms with Crippen molar-refractivity contribution >= 4 is 5.91 Å². The maximum absolute atomic E-state index is 12.3. The second kappa shape index (κ2) is 6.21. The lowest BCUT2D eigenvalue weighted by molar-refractivity contribution is -0.121. The number of aromatic amines is 1. The van der Waals surface area contributed by atoms with E-state index < -0.39 is 0 Å². The van der Waals surface area contributed by atoms with Gasteiger partial charge in [0.2, 0.25) is 5.91 Å². The maximum atomic E-state index is 12.3. The molecule has 2 aromatic rings. The summed E-state index contributed by atoms with van der Waals surface area (Å²) in [5.74, 6) is 0.734. The summed E-state index contributed by atoms with van der Waals surface area (Å²) in [6, 6.07) is 0.0550. The number of rotatable bonds is 5. The van der Waals surface area contributed by atoms with Crippen LogP contribution in [-0.4, -0.2) is 38.0 Å². The predicted octanol–water partition coefficient (Wildman–Crippen LogP) is 1.11. The van der Waals surface area contributed by atoms with Crippen molar-refractivity contribution in [3.63, 3.8) is 0 Å². The fraction of sp³-hybridized carbons (Fsp3) is 0.533. The van der Waals surface area contributed by atoms with Crippen molar-refractivity contribution in [2.45, 2.75) is 44.8 Å². The molecule has 2 atom stereocenters. The molecule has 0 aliphatic heterocycles. The topological polar surface area (TPSA) is 84.8 Å². The highest BCUT2D eigenvalue weighted by Gasteiger charge is 2.30. The van der Waals surface area contributed by atoms with Gasteiger partial charge in [-0.3, -0.25) is 14.6 Å². The van der Waals surface area contributed by atoms with Crippen LogP contribution in [0.1, 0.15) is 30.5 Å². The SMILES string of the molecule is Cc1nn(C)cc1CC(=O)N[C@H]1CCC[C@H]1Oc1cn[nH]c1. The van der Waals surface area contributed by atoms with Crippen LogP contribution in [-0.2, 0) is 18.3 Å². The highest BCUT2D eigenvalue weighted by Crippen LogP contribution is 2.24. The summed E-state index contributed by atoms with van der Waals surface area (Å²) in [5.41, 5.74) is 1.86. The van der Waals surface area contributed by atoms with Crippen LogP contribution >= 0.6 is 0 Å². The van der Waals surface area contributed by atoms with Crippen LogP contribution in [0.5, 0.6) is 5.75 Å². The van der Waals surface area contributed by atoms with E-state index in [0.717, 1.165) is 30.5 Å². The van der Waals surface area contributed by atoms with E-state index in [1.165, 1.54) is 0 Å². The molecule has 3 rings (SSSR count). The van der Waals surface area contributed by atoms with E-state index in [1.807, 2.05) is 20.2 Å². The van der Waals surface area contributed by atoms with Gasteiger partial charge in [-0.05, 0) is 26.2 Å². The van der Waals surface area contributed by atoms with Crippen molar-refractivity contribution in [1.29, 1.82) is 0 Å². The quantitative estimate of drug-likeness (QED) is 0.866. The monoisotopic (exact) mass is 303 g/mol. The Morgan fingerprint density at radius 2 is 2.41 bits per heavy atom. The average Bonchev–Trinajstić information content (AvgIpc) is 3.16. The molecule has 7 heteroatoms. The summed E-state index contributed by atoms with van der Waals surface area (Å²) in [6.45, 7) is 1.92. The van der Waals surface area contributed by atoms with Gasteiger partial charge in [-0.1, -0.05) is 0 Å². The Morgan fingerprint density at radius 3 is 3.09 bits per heavy atom. The van der Waals surface area contributed by atoms with Crippen molar-refractivity contribution in [3.8, 4) is 5.75 Å². The van der Waals surface area contributed by atoms with Gasteiger partial charge in [0.15, 0.2) is 5.75 Å². The van der Waals surface area contributed by atoms with E-state index >= 15 is 0 Å². The largest absolute Gasteiger partial charge is 0.485 e. The van der Waals surface area contributed by atoms with Gasteiger partial charge in [0.05, 0.1) is 30.6 Å². The van der Waals surface area contributed by atoms with Crippen LogP contribution in [0, 0.1) is 6.92 Å². The molecule has 0 bridgehead atoms. The minimum atomic E-state index is 0.0107. The molecule has 0 unspecified atom stereocenters. The van der Waals surface area contributed by atoms with E-state index in [-0.39, 0.29) is 18.1 Å². The smallest absolute Gasteiger partial charge is 0.224 e. The van der Waals surface area contributed by atoms with Gasteiger partial charge >= 0.3 is 0 Å². The molecule has 2 heterocycles. The Morgan fingerprint density at radius 1 is 1.55 bits per heavy atom. The van der Waals surface area contributed by atoms with Gasteiger partial charge < -0.3 is 10.1 Å². The predicted molar refractivity (Wildman–Crippen MR) is 80.4 cm³/mol. The van der Waals surface area contributed by atoms with E-state index in [2.05, 4.69) is 20.6 Å². The van der Waals surface area contributed by atoms with Gasteiger partial charge in [0, 0.05) is 18.8 Å². The van der Waals surface area contributed by atoms with E-state index in [1.54, 1.807) is 17.1 Å². The van der Waals surface area contributed by atoms with E-state index in [0.29, 0.717) is 12.2 Å². The Hall–Kier alpha value is -2.31. The molecular weight excluding hydrogens is 282 g/mol. The Labute approximate surface area is 129 Å². The van der Waals surface area contributed by atoms with Crippen LogP contribution in [0.4, 0.5) is 0 Å². The number of hydrogen-bond acceptors (Lipinski definition) is 4. The fourth-order valence-corrected chi connectivity index (χ4v) is 2.96. The lowest BCUT2D eigenvalue weighted by Crippen LogP contribution is -2.43. The molecule has 118 valence electrons. The van der Waals surface area contributed by atoms with Crippen LogP contribution < -0.4 is 10.1 Å². The third-order valence-electron chi connectivity index (χ3n) is 4.03. The molecule has 2 aromatic heterocycles. The molecular formula is C15H21N5O2. The summed E-state index contributed by atoms with van der Waals surface area (Å²) in [6.07, 6.45) is 8.57. The van der Waals surface area contributed by atoms with Crippen molar-refractivity contribution in [3.05, 3.63) is 29.8 Å². The summed E-state index contributed by atoms with van der Waals surface area (Å²) < 4.78 is 7.62. The van der Waals surface area contributed by atoms with Crippen molar-refractivity contribution in [2.75, 3.05) is 0 Å². The lowest BCUT2D eigenvalue weighted by Gasteiger charge is -2.21. The van der Waals surface area contributed by atoms with Crippen LogP contribution in [0.3, 0.4) is 0 Å². The van der Waals surface area contributed by atoms with Gasteiger partial charge in [-0.2, -0.15) is 10.2 Å². The van der Waals surface area contributed by atoms with Gasteiger partial charge in [-0.15, -0.1) is 0 Å². The second-order valence-corrected chi connectivity index (χ2v) is 5.79. The van der Waals surface area contributed by atoms with Crippen LogP contribution in [0.2, 0.25) is 0 Å². The third-order valence-corrected chi connectivity index (χ3v) is 4.03.